The van der Waals surface area contributed by atoms with E-state index in [2.05, 4.69) is 6.58 Å². The van der Waals surface area contributed by atoms with Gasteiger partial charge in [0.25, 0.3) is 0 Å². The Morgan fingerprint density at radius 3 is 3.00 bits per heavy atom. The minimum atomic E-state index is 0.100. The topological polar surface area (TPSA) is 17.1 Å². The van der Waals surface area contributed by atoms with E-state index in [1.54, 1.807) is 30.4 Å². The smallest absolute Gasteiger partial charge is 0.214 e. The molecule has 1 atom stereocenters. The fourth-order valence-electron chi connectivity index (χ4n) is 0.739. The van der Waals surface area contributed by atoms with Gasteiger partial charge < -0.3 is 0 Å². The van der Waals surface area contributed by atoms with Crippen LogP contribution in [0.4, 0.5) is 0 Å². The fraction of sp³-hybridized carbons (Fsp3) is 0.500. The second-order valence-corrected chi connectivity index (χ2v) is 7.20. The summed E-state index contributed by atoms with van der Waals surface area (Å²) < 4.78 is 1.01. The van der Waals surface area contributed by atoms with Crippen molar-refractivity contribution in [2.24, 2.45) is 0 Å². The summed E-state index contributed by atoms with van der Waals surface area (Å²) in [4.78, 5) is 11.2. The molecule has 0 aromatic carbocycles. The molecule has 1 aliphatic rings. The highest BCUT2D eigenvalue weighted by Gasteiger charge is 2.21. The van der Waals surface area contributed by atoms with Gasteiger partial charge in [0.05, 0.1) is 0 Å². The Hall–Kier alpha value is 0.550. The summed E-state index contributed by atoms with van der Waals surface area (Å²) in [5.41, 5.74) is 0.628. The van der Waals surface area contributed by atoms with Gasteiger partial charge >= 0.3 is 0 Å². The second kappa shape index (κ2) is 5.44. The van der Waals surface area contributed by atoms with Crippen molar-refractivity contribution in [2.45, 2.75) is 12.2 Å². The van der Waals surface area contributed by atoms with E-state index >= 15 is 0 Å². The van der Waals surface area contributed by atoms with Crippen molar-refractivity contribution in [1.29, 1.82) is 0 Å². The number of carbonyl (C=O) groups is 1. The van der Waals surface area contributed by atoms with Crippen LogP contribution < -0.4 is 0 Å². The largest absolute Gasteiger partial charge is 0.282 e. The van der Waals surface area contributed by atoms with Crippen molar-refractivity contribution >= 4 is 56.1 Å². The zero-order valence-corrected chi connectivity index (χ0v) is 10.5. The van der Waals surface area contributed by atoms with Gasteiger partial charge in [-0.25, -0.2) is 0 Å². The Morgan fingerprint density at radius 2 is 2.54 bits per heavy atom. The second-order valence-electron chi connectivity index (χ2n) is 2.68. The van der Waals surface area contributed by atoms with Crippen LogP contribution in [0.25, 0.3) is 0 Å². The molecule has 5 heteroatoms. The van der Waals surface area contributed by atoms with Crippen molar-refractivity contribution in [1.82, 2.24) is 0 Å². The molecule has 1 aliphatic heterocycles. The molecule has 1 heterocycles. The van der Waals surface area contributed by atoms with Crippen LogP contribution in [0.15, 0.2) is 12.2 Å². The fourth-order valence-corrected chi connectivity index (χ4v) is 4.75. The highest BCUT2D eigenvalue weighted by atomic mass is 32.2. The van der Waals surface area contributed by atoms with Crippen LogP contribution in [-0.4, -0.2) is 25.4 Å². The zero-order chi connectivity index (χ0) is 9.84. The third-order valence-electron chi connectivity index (χ3n) is 1.40. The first-order valence-corrected chi connectivity index (χ1v) is 7.01. The van der Waals surface area contributed by atoms with E-state index in [0.29, 0.717) is 10.8 Å². The summed E-state index contributed by atoms with van der Waals surface area (Å²) in [6.07, 6.45) is 0. The highest BCUT2D eigenvalue weighted by Crippen LogP contribution is 2.34. The molecule has 0 N–H and O–H groups in total. The van der Waals surface area contributed by atoms with Crippen molar-refractivity contribution in [3.63, 3.8) is 0 Å². The number of hydrogen-bond acceptors (Lipinski definition) is 5. The van der Waals surface area contributed by atoms with Gasteiger partial charge in [-0.2, -0.15) is 0 Å². The first kappa shape index (κ1) is 11.6. The predicted molar refractivity (Wildman–Crippen MR) is 68.7 cm³/mol. The van der Waals surface area contributed by atoms with Crippen molar-refractivity contribution < 1.29 is 4.79 Å². The SMILES string of the molecule is C=C(C)C(=O)SCC1CSC(=S)S1. The van der Waals surface area contributed by atoms with Gasteiger partial charge in [-0.05, 0) is 12.5 Å². The van der Waals surface area contributed by atoms with Crippen LogP contribution in [0.2, 0.25) is 0 Å². The molecule has 0 bridgehead atoms. The minimum Gasteiger partial charge on any atom is -0.282 e. The Balaban J connectivity index is 2.23. The van der Waals surface area contributed by atoms with Crippen LogP contribution in [0.1, 0.15) is 6.92 Å². The number of thiocarbonyl (C=S) groups is 1. The summed E-state index contributed by atoms with van der Waals surface area (Å²) in [5.74, 6) is 1.89. The van der Waals surface area contributed by atoms with E-state index in [1.807, 2.05) is 0 Å². The van der Waals surface area contributed by atoms with Crippen LogP contribution in [0, 0.1) is 0 Å². The molecular weight excluding hydrogens is 240 g/mol. The number of carbonyl (C=O) groups excluding carboxylic acids is 1. The van der Waals surface area contributed by atoms with Crippen LogP contribution in [0.5, 0.6) is 0 Å². The van der Waals surface area contributed by atoms with Crippen molar-refractivity contribution in [2.75, 3.05) is 11.5 Å². The maximum atomic E-state index is 11.2. The Morgan fingerprint density at radius 1 is 1.85 bits per heavy atom. The van der Waals surface area contributed by atoms with Gasteiger partial charge in [0.15, 0.2) is 0 Å². The van der Waals surface area contributed by atoms with E-state index in [0.717, 1.165) is 15.0 Å². The molecule has 0 amide bonds. The van der Waals surface area contributed by atoms with E-state index in [-0.39, 0.29) is 5.12 Å². The van der Waals surface area contributed by atoms with Crippen LogP contribution in [-0.2, 0) is 4.79 Å². The molecule has 13 heavy (non-hydrogen) atoms. The lowest BCUT2D eigenvalue weighted by Crippen LogP contribution is -2.07. The first-order valence-electron chi connectivity index (χ1n) is 3.75. The molecule has 1 rings (SSSR count). The average molecular weight is 250 g/mol. The van der Waals surface area contributed by atoms with E-state index in [1.165, 1.54) is 11.8 Å². The number of thioether (sulfide) groups is 3. The highest BCUT2D eigenvalue weighted by molar-refractivity contribution is 8.49. The van der Waals surface area contributed by atoms with Crippen LogP contribution in [0.3, 0.4) is 0 Å². The normalized spacial score (nSPS) is 21.9. The molecule has 0 aliphatic carbocycles. The standard InChI is InChI=1S/C8H10OS4/c1-5(2)7(9)11-3-6-4-12-8(10)13-6/h6H,1,3-4H2,2H3. The lowest BCUT2D eigenvalue weighted by Gasteiger charge is -2.04. The molecule has 0 aromatic heterocycles. The molecule has 1 saturated heterocycles. The molecule has 0 saturated carbocycles. The Bertz CT molecular complexity index is 249. The molecule has 1 unspecified atom stereocenters. The molecule has 0 spiro atoms. The predicted octanol–water partition coefficient (Wildman–Crippen LogP) is 2.96. The summed E-state index contributed by atoms with van der Waals surface area (Å²) >= 11 is 9.82. The quantitative estimate of drug-likeness (QED) is 0.564. The van der Waals surface area contributed by atoms with Crippen LogP contribution >= 0.6 is 47.5 Å². The molecule has 0 aromatic rings. The third kappa shape index (κ3) is 4.06. The molecule has 72 valence electrons. The van der Waals surface area contributed by atoms with Gasteiger partial charge in [-0.3, -0.25) is 4.79 Å². The summed E-state index contributed by atoms with van der Waals surface area (Å²) in [5, 5.41) is 0.606. The van der Waals surface area contributed by atoms with Gasteiger partial charge in [0, 0.05) is 16.8 Å². The molecule has 1 fully saturated rings. The molecule has 1 nitrogen and oxygen atoms in total. The maximum Gasteiger partial charge on any atom is 0.214 e. The van der Waals surface area contributed by atoms with Gasteiger partial charge in [0.2, 0.25) is 5.12 Å². The summed E-state index contributed by atoms with van der Waals surface area (Å²) in [6.45, 7) is 5.35. The van der Waals surface area contributed by atoms with Crippen molar-refractivity contribution in [3.8, 4) is 0 Å². The van der Waals surface area contributed by atoms with E-state index < -0.39 is 0 Å². The lowest BCUT2D eigenvalue weighted by atomic mass is 10.4. The van der Waals surface area contributed by atoms with E-state index in [4.69, 9.17) is 12.2 Å². The third-order valence-corrected chi connectivity index (χ3v) is 5.95. The zero-order valence-electron chi connectivity index (χ0n) is 7.24. The molecule has 0 radical (unpaired) electrons. The Labute approximate surface area is 96.5 Å². The number of hydrogen-bond donors (Lipinski definition) is 0. The van der Waals surface area contributed by atoms with Gasteiger partial charge in [0.1, 0.15) is 3.53 Å². The Kier molecular flexibility index (Phi) is 4.86. The maximum absolute atomic E-state index is 11.2. The van der Waals surface area contributed by atoms with Gasteiger partial charge in [-0.15, -0.1) is 23.5 Å². The average Bonchev–Trinajstić information content (AvgIpc) is 2.47. The lowest BCUT2D eigenvalue weighted by molar-refractivity contribution is -0.107. The van der Waals surface area contributed by atoms with Gasteiger partial charge in [-0.1, -0.05) is 30.6 Å². The monoisotopic (exact) mass is 250 g/mol. The van der Waals surface area contributed by atoms with E-state index in [9.17, 15) is 4.79 Å². The summed E-state index contributed by atoms with van der Waals surface area (Å²) in [6, 6.07) is 0. The van der Waals surface area contributed by atoms with Crippen molar-refractivity contribution in [3.05, 3.63) is 12.2 Å². The molecular formula is C8H10OS4. The number of rotatable bonds is 3. The minimum absolute atomic E-state index is 0.100. The first-order chi connectivity index (χ1) is 6.09. The summed E-state index contributed by atoms with van der Waals surface area (Å²) in [7, 11) is 0.